The second-order valence-electron chi connectivity index (χ2n) is 5.08. The zero-order valence-corrected chi connectivity index (χ0v) is 10.5. The molecule has 0 aromatic carbocycles. The van der Waals surface area contributed by atoms with Crippen LogP contribution in [-0.4, -0.2) is 26.1 Å². The van der Waals surface area contributed by atoms with Crippen molar-refractivity contribution < 1.29 is 4.74 Å². The Morgan fingerprint density at radius 2 is 2.21 bits per heavy atom. The summed E-state index contributed by atoms with van der Waals surface area (Å²) in [4.78, 5) is 13.3. The smallest absolute Gasteiger partial charge is 0.180 e. The molecule has 98 valence electrons. The molecule has 0 atom stereocenters. The number of nitrogens with zero attached hydrogens (tertiary/aromatic N) is 4. The quantitative estimate of drug-likeness (QED) is 0.878. The molecule has 1 saturated carbocycles. The minimum absolute atomic E-state index is 0.517. The molecule has 6 nitrogen and oxygen atoms in total. The number of anilines is 1. The van der Waals surface area contributed by atoms with Crippen LogP contribution in [0.3, 0.4) is 0 Å². The van der Waals surface area contributed by atoms with Crippen molar-refractivity contribution in [3.05, 3.63) is 23.8 Å². The van der Waals surface area contributed by atoms with Crippen LogP contribution in [0.1, 0.15) is 30.1 Å². The third-order valence-electron chi connectivity index (χ3n) is 3.69. The lowest BCUT2D eigenvalue weighted by molar-refractivity contribution is 0.109. The first-order valence-corrected chi connectivity index (χ1v) is 6.58. The Labute approximate surface area is 110 Å². The highest BCUT2D eigenvalue weighted by atomic mass is 16.5. The van der Waals surface area contributed by atoms with Gasteiger partial charge in [-0.25, -0.2) is 15.0 Å². The number of hydrogen-bond donors (Lipinski definition) is 1. The van der Waals surface area contributed by atoms with Gasteiger partial charge in [0.05, 0.1) is 31.4 Å². The summed E-state index contributed by atoms with van der Waals surface area (Å²) in [6, 6.07) is 0.557. The zero-order valence-electron chi connectivity index (χ0n) is 10.5. The van der Waals surface area contributed by atoms with E-state index in [0.717, 1.165) is 23.4 Å². The first-order chi connectivity index (χ1) is 9.33. The second-order valence-corrected chi connectivity index (χ2v) is 5.08. The van der Waals surface area contributed by atoms with Crippen LogP contribution in [0.25, 0.3) is 11.5 Å². The van der Waals surface area contributed by atoms with Crippen molar-refractivity contribution in [1.29, 1.82) is 0 Å². The van der Waals surface area contributed by atoms with Crippen LogP contribution in [-0.2, 0) is 17.8 Å². The predicted molar refractivity (Wildman–Crippen MR) is 69.3 cm³/mol. The van der Waals surface area contributed by atoms with E-state index in [1.54, 1.807) is 0 Å². The summed E-state index contributed by atoms with van der Waals surface area (Å²) in [5.74, 6) is 1.21. The summed E-state index contributed by atoms with van der Waals surface area (Å²) in [6.45, 7) is 1.22. The van der Waals surface area contributed by atoms with E-state index in [9.17, 15) is 0 Å². The van der Waals surface area contributed by atoms with E-state index in [1.807, 2.05) is 12.5 Å². The van der Waals surface area contributed by atoms with E-state index in [2.05, 4.69) is 19.5 Å². The third-order valence-corrected chi connectivity index (χ3v) is 3.69. The van der Waals surface area contributed by atoms with Crippen LogP contribution in [0.15, 0.2) is 12.5 Å². The molecule has 0 bridgehead atoms. The van der Waals surface area contributed by atoms with Gasteiger partial charge in [0.25, 0.3) is 0 Å². The van der Waals surface area contributed by atoms with Gasteiger partial charge in [-0.05, 0) is 12.8 Å². The van der Waals surface area contributed by atoms with Gasteiger partial charge in [0.2, 0.25) is 0 Å². The first-order valence-electron chi connectivity index (χ1n) is 6.58. The summed E-state index contributed by atoms with van der Waals surface area (Å²) < 4.78 is 7.56. The third kappa shape index (κ3) is 1.79. The molecule has 2 aliphatic rings. The van der Waals surface area contributed by atoms with Crippen molar-refractivity contribution in [2.45, 2.75) is 31.9 Å². The molecule has 1 fully saturated rings. The molecular formula is C13H15N5O. The number of fused-ring (bicyclic) bond motifs is 1. The van der Waals surface area contributed by atoms with Gasteiger partial charge in [0.1, 0.15) is 11.5 Å². The molecular weight excluding hydrogens is 242 g/mol. The van der Waals surface area contributed by atoms with Crippen LogP contribution in [0.5, 0.6) is 0 Å². The number of hydrogen-bond acceptors (Lipinski definition) is 5. The number of nitrogen functional groups attached to an aromatic ring is 1. The fourth-order valence-corrected chi connectivity index (χ4v) is 2.49. The van der Waals surface area contributed by atoms with Crippen LogP contribution in [0.4, 0.5) is 5.82 Å². The standard InChI is InChI=1S/C13H15N5O/c14-12-9-6-19-4-3-10(9)16-13(17-12)11-5-15-7-18(11)8-1-2-8/h5,7-8H,1-4,6H2,(H2,14,16,17). The molecule has 0 amide bonds. The number of nitrogens with two attached hydrogens (primary N) is 1. The predicted octanol–water partition coefficient (Wildman–Crippen LogP) is 1.33. The molecule has 0 unspecified atom stereocenters. The van der Waals surface area contributed by atoms with Gasteiger partial charge in [0.15, 0.2) is 5.82 Å². The molecule has 0 radical (unpaired) electrons. The monoisotopic (exact) mass is 257 g/mol. The molecule has 2 aromatic rings. The van der Waals surface area contributed by atoms with Crippen molar-refractivity contribution in [2.24, 2.45) is 0 Å². The Kier molecular flexibility index (Phi) is 2.32. The Bertz CT molecular complexity index is 632. The van der Waals surface area contributed by atoms with E-state index in [4.69, 9.17) is 10.5 Å². The highest BCUT2D eigenvalue weighted by Gasteiger charge is 2.27. The summed E-state index contributed by atoms with van der Waals surface area (Å²) in [5.41, 5.74) is 8.94. The Morgan fingerprint density at radius 3 is 3.05 bits per heavy atom. The summed E-state index contributed by atoms with van der Waals surface area (Å²) in [6.07, 6.45) is 6.88. The van der Waals surface area contributed by atoms with Gasteiger partial charge in [-0.15, -0.1) is 0 Å². The lowest BCUT2D eigenvalue weighted by Crippen LogP contribution is -2.16. The number of imidazole rings is 1. The van der Waals surface area contributed by atoms with Gasteiger partial charge < -0.3 is 15.0 Å². The summed E-state index contributed by atoms with van der Waals surface area (Å²) >= 11 is 0. The van der Waals surface area contributed by atoms with Crippen LogP contribution in [0, 0.1) is 0 Å². The maximum atomic E-state index is 6.03. The number of aromatic nitrogens is 4. The molecule has 0 saturated heterocycles. The SMILES string of the molecule is Nc1nc(-c2cncn2C2CC2)nc2c1COCC2. The fraction of sp³-hybridized carbons (Fsp3) is 0.462. The Balaban J connectivity index is 1.82. The van der Waals surface area contributed by atoms with E-state index in [-0.39, 0.29) is 0 Å². The van der Waals surface area contributed by atoms with Gasteiger partial charge >= 0.3 is 0 Å². The molecule has 1 aliphatic carbocycles. The lowest BCUT2D eigenvalue weighted by atomic mass is 10.1. The zero-order chi connectivity index (χ0) is 12.8. The average Bonchev–Trinajstić information content (AvgIpc) is 3.16. The highest BCUT2D eigenvalue weighted by molar-refractivity contribution is 5.55. The molecule has 1 aliphatic heterocycles. The molecule has 6 heteroatoms. The molecule has 4 rings (SSSR count). The van der Waals surface area contributed by atoms with Crippen molar-refractivity contribution in [1.82, 2.24) is 19.5 Å². The van der Waals surface area contributed by atoms with Gasteiger partial charge in [0, 0.05) is 18.0 Å². The maximum Gasteiger partial charge on any atom is 0.180 e. The number of rotatable bonds is 2. The summed E-state index contributed by atoms with van der Waals surface area (Å²) in [5, 5.41) is 0. The van der Waals surface area contributed by atoms with Crippen molar-refractivity contribution in [2.75, 3.05) is 12.3 Å². The van der Waals surface area contributed by atoms with Gasteiger partial charge in [-0.2, -0.15) is 0 Å². The van der Waals surface area contributed by atoms with Crippen molar-refractivity contribution in [3.8, 4) is 11.5 Å². The normalized spacial score (nSPS) is 18.3. The molecule has 2 aromatic heterocycles. The van der Waals surface area contributed by atoms with Crippen LogP contribution >= 0.6 is 0 Å². The Hall–Kier alpha value is -1.95. The maximum absolute atomic E-state index is 6.03. The lowest BCUT2D eigenvalue weighted by Gasteiger charge is -2.18. The largest absolute Gasteiger partial charge is 0.383 e. The number of ether oxygens (including phenoxy) is 1. The molecule has 2 N–H and O–H groups in total. The van der Waals surface area contributed by atoms with Crippen molar-refractivity contribution >= 4 is 5.82 Å². The van der Waals surface area contributed by atoms with Crippen LogP contribution in [0.2, 0.25) is 0 Å². The van der Waals surface area contributed by atoms with Gasteiger partial charge in [-0.1, -0.05) is 0 Å². The topological polar surface area (TPSA) is 78.9 Å². The second kappa shape index (κ2) is 4.03. The molecule has 19 heavy (non-hydrogen) atoms. The van der Waals surface area contributed by atoms with E-state index < -0.39 is 0 Å². The minimum Gasteiger partial charge on any atom is -0.383 e. The molecule has 3 heterocycles. The highest BCUT2D eigenvalue weighted by Crippen LogP contribution is 2.37. The first kappa shape index (κ1) is 10.9. The molecule has 0 spiro atoms. The minimum atomic E-state index is 0.517. The van der Waals surface area contributed by atoms with Gasteiger partial charge in [-0.3, -0.25) is 0 Å². The van der Waals surface area contributed by atoms with Crippen LogP contribution < -0.4 is 5.73 Å². The van der Waals surface area contributed by atoms with Crippen molar-refractivity contribution in [3.63, 3.8) is 0 Å². The fourth-order valence-electron chi connectivity index (χ4n) is 2.49. The van der Waals surface area contributed by atoms with E-state index in [1.165, 1.54) is 12.8 Å². The van der Waals surface area contributed by atoms with E-state index >= 15 is 0 Å². The Morgan fingerprint density at radius 1 is 1.32 bits per heavy atom. The van der Waals surface area contributed by atoms with E-state index in [0.29, 0.717) is 30.9 Å². The summed E-state index contributed by atoms with van der Waals surface area (Å²) in [7, 11) is 0. The average molecular weight is 257 g/mol.